The van der Waals surface area contributed by atoms with Crippen molar-refractivity contribution in [3.05, 3.63) is 29.9 Å². The monoisotopic (exact) mass is 249 g/mol. The van der Waals surface area contributed by atoms with Crippen LogP contribution in [0.4, 0.5) is 0 Å². The van der Waals surface area contributed by atoms with Gasteiger partial charge in [-0.15, -0.1) is 0 Å². The fourth-order valence-electron chi connectivity index (χ4n) is 1.63. The lowest BCUT2D eigenvalue weighted by molar-refractivity contribution is 0.366. The molecule has 0 bridgehead atoms. The van der Waals surface area contributed by atoms with Crippen molar-refractivity contribution in [2.24, 2.45) is 0 Å². The maximum absolute atomic E-state index is 5.14. The average molecular weight is 249 g/mol. The predicted molar refractivity (Wildman–Crippen MR) is 67.0 cm³/mol. The smallest absolute Gasteiger partial charge is 0.246 e. The third-order valence-electron chi connectivity index (χ3n) is 2.56. The lowest BCUT2D eigenvalue weighted by atomic mass is 10.4. The quantitative estimate of drug-likeness (QED) is 0.751. The molecule has 2 aromatic heterocycles. The number of hydrogen-bond acceptors (Lipinski definition) is 5. The second-order valence-electron chi connectivity index (χ2n) is 4.17. The van der Waals surface area contributed by atoms with E-state index in [9.17, 15) is 0 Å². The molecule has 6 nitrogen and oxygen atoms in total. The number of hydrogen-bond donors (Lipinski definition) is 1. The second-order valence-corrected chi connectivity index (χ2v) is 4.17. The van der Waals surface area contributed by atoms with Crippen LogP contribution in [-0.2, 0) is 19.5 Å². The summed E-state index contributed by atoms with van der Waals surface area (Å²) in [5.41, 5.74) is 1.03. The molecule has 6 heteroatoms. The molecular formula is C12H19N5O. The highest BCUT2D eigenvalue weighted by molar-refractivity contribution is 4.98. The van der Waals surface area contributed by atoms with Crippen LogP contribution in [0.2, 0.25) is 0 Å². The molecule has 0 aromatic carbocycles. The van der Waals surface area contributed by atoms with Crippen molar-refractivity contribution < 1.29 is 4.52 Å². The number of imidazole rings is 1. The predicted octanol–water partition coefficient (Wildman–Crippen LogP) is 1.38. The van der Waals surface area contributed by atoms with Crippen molar-refractivity contribution in [1.82, 2.24) is 25.0 Å². The van der Waals surface area contributed by atoms with E-state index in [1.807, 2.05) is 17.7 Å². The lowest BCUT2D eigenvalue weighted by Gasteiger charge is -1.98. The van der Waals surface area contributed by atoms with Crippen molar-refractivity contribution in [1.29, 1.82) is 0 Å². The zero-order valence-electron chi connectivity index (χ0n) is 10.9. The summed E-state index contributed by atoms with van der Waals surface area (Å²) in [5, 5.41) is 7.18. The molecule has 98 valence electrons. The lowest BCUT2D eigenvalue weighted by Crippen LogP contribution is -2.13. The van der Waals surface area contributed by atoms with Crippen LogP contribution in [0.5, 0.6) is 0 Å². The summed E-state index contributed by atoms with van der Waals surface area (Å²) in [6, 6.07) is 0. The van der Waals surface area contributed by atoms with Gasteiger partial charge in [0.25, 0.3) is 0 Å². The van der Waals surface area contributed by atoms with Gasteiger partial charge in [-0.1, -0.05) is 19.0 Å². The minimum atomic E-state index is 0.577. The summed E-state index contributed by atoms with van der Waals surface area (Å²) in [4.78, 5) is 8.59. The second kappa shape index (κ2) is 6.30. The molecule has 0 unspecified atom stereocenters. The summed E-state index contributed by atoms with van der Waals surface area (Å²) in [5.74, 6) is 1.37. The molecule has 0 aliphatic rings. The van der Waals surface area contributed by atoms with E-state index in [-0.39, 0.29) is 0 Å². The minimum Gasteiger partial charge on any atom is -0.337 e. The molecule has 0 aliphatic carbocycles. The summed E-state index contributed by atoms with van der Waals surface area (Å²) in [6.07, 6.45) is 5.71. The number of aryl methyl sites for hydroxylation is 1. The molecule has 0 fully saturated rings. The molecule has 18 heavy (non-hydrogen) atoms. The fourth-order valence-corrected chi connectivity index (χ4v) is 1.63. The van der Waals surface area contributed by atoms with Crippen LogP contribution in [0.1, 0.15) is 37.7 Å². The Kier molecular flexibility index (Phi) is 4.46. The van der Waals surface area contributed by atoms with Gasteiger partial charge >= 0.3 is 0 Å². The van der Waals surface area contributed by atoms with E-state index in [0.717, 1.165) is 37.4 Å². The van der Waals surface area contributed by atoms with E-state index in [1.165, 1.54) is 0 Å². The first-order chi connectivity index (χ1) is 8.81. The Bertz CT molecular complexity index is 476. The summed E-state index contributed by atoms with van der Waals surface area (Å²) in [6.45, 7) is 6.53. The van der Waals surface area contributed by atoms with Gasteiger partial charge in [-0.05, 0) is 13.0 Å². The van der Waals surface area contributed by atoms with E-state index in [1.54, 1.807) is 6.33 Å². The standard InChI is InChI=1S/C12H19N5O/c1-3-5-13-6-10-7-17(9-14-10)8-12-15-11(4-2)16-18-12/h7,9,13H,3-6,8H2,1-2H3. The summed E-state index contributed by atoms with van der Waals surface area (Å²) >= 11 is 0. The van der Waals surface area contributed by atoms with Gasteiger partial charge in [-0.2, -0.15) is 4.98 Å². The fraction of sp³-hybridized carbons (Fsp3) is 0.583. The van der Waals surface area contributed by atoms with Gasteiger partial charge in [-0.3, -0.25) is 0 Å². The zero-order chi connectivity index (χ0) is 12.8. The molecule has 0 amide bonds. The number of nitrogens with zero attached hydrogens (tertiary/aromatic N) is 4. The zero-order valence-corrected chi connectivity index (χ0v) is 10.9. The van der Waals surface area contributed by atoms with Crippen LogP contribution >= 0.6 is 0 Å². The molecule has 0 atom stereocenters. The third kappa shape index (κ3) is 3.40. The van der Waals surface area contributed by atoms with Gasteiger partial charge in [0.05, 0.1) is 12.0 Å². The van der Waals surface area contributed by atoms with Crippen LogP contribution in [0.3, 0.4) is 0 Å². The Morgan fingerprint density at radius 2 is 2.28 bits per heavy atom. The molecule has 0 radical (unpaired) electrons. The Balaban J connectivity index is 1.89. The Labute approximate surface area is 106 Å². The molecule has 0 aliphatic heterocycles. The number of aromatic nitrogens is 4. The van der Waals surface area contributed by atoms with E-state index in [2.05, 4.69) is 27.4 Å². The highest BCUT2D eigenvalue weighted by atomic mass is 16.5. The van der Waals surface area contributed by atoms with E-state index in [0.29, 0.717) is 12.4 Å². The van der Waals surface area contributed by atoms with Gasteiger partial charge < -0.3 is 14.4 Å². The normalized spacial score (nSPS) is 11.0. The SMILES string of the molecule is CCCNCc1cn(Cc2nc(CC)no2)cn1. The number of nitrogens with one attached hydrogen (secondary N) is 1. The minimum absolute atomic E-state index is 0.577. The van der Waals surface area contributed by atoms with Crippen molar-refractivity contribution in [2.75, 3.05) is 6.54 Å². The molecule has 2 heterocycles. The van der Waals surface area contributed by atoms with Crippen molar-refractivity contribution >= 4 is 0 Å². The first kappa shape index (κ1) is 12.8. The topological polar surface area (TPSA) is 68.8 Å². The van der Waals surface area contributed by atoms with Crippen LogP contribution < -0.4 is 5.32 Å². The van der Waals surface area contributed by atoms with E-state index >= 15 is 0 Å². The molecule has 2 rings (SSSR count). The maximum Gasteiger partial charge on any atom is 0.246 e. The van der Waals surface area contributed by atoms with Crippen LogP contribution in [0.25, 0.3) is 0 Å². The van der Waals surface area contributed by atoms with Gasteiger partial charge in [0.2, 0.25) is 5.89 Å². The first-order valence-electron chi connectivity index (χ1n) is 6.34. The summed E-state index contributed by atoms with van der Waals surface area (Å²) in [7, 11) is 0. The van der Waals surface area contributed by atoms with E-state index in [4.69, 9.17) is 4.52 Å². The van der Waals surface area contributed by atoms with Gasteiger partial charge in [0, 0.05) is 19.2 Å². The molecule has 2 aromatic rings. The Morgan fingerprint density at radius 1 is 1.39 bits per heavy atom. The highest BCUT2D eigenvalue weighted by Gasteiger charge is 2.06. The van der Waals surface area contributed by atoms with Gasteiger partial charge in [0.15, 0.2) is 5.82 Å². The molecular weight excluding hydrogens is 230 g/mol. The molecule has 1 N–H and O–H groups in total. The molecule has 0 spiro atoms. The summed E-state index contributed by atoms with van der Waals surface area (Å²) < 4.78 is 7.10. The van der Waals surface area contributed by atoms with E-state index < -0.39 is 0 Å². The van der Waals surface area contributed by atoms with Crippen LogP contribution in [-0.4, -0.2) is 26.2 Å². The van der Waals surface area contributed by atoms with Crippen molar-refractivity contribution in [3.8, 4) is 0 Å². The van der Waals surface area contributed by atoms with Crippen molar-refractivity contribution in [3.63, 3.8) is 0 Å². The Hall–Kier alpha value is -1.69. The molecule has 0 saturated carbocycles. The largest absolute Gasteiger partial charge is 0.337 e. The maximum atomic E-state index is 5.14. The Morgan fingerprint density at radius 3 is 3.00 bits per heavy atom. The van der Waals surface area contributed by atoms with Gasteiger partial charge in [-0.25, -0.2) is 4.98 Å². The van der Waals surface area contributed by atoms with Crippen LogP contribution in [0, 0.1) is 0 Å². The highest BCUT2D eigenvalue weighted by Crippen LogP contribution is 2.03. The average Bonchev–Trinajstić information content (AvgIpc) is 3.00. The number of rotatable bonds is 7. The third-order valence-corrected chi connectivity index (χ3v) is 2.56. The van der Waals surface area contributed by atoms with Gasteiger partial charge in [0.1, 0.15) is 6.54 Å². The van der Waals surface area contributed by atoms with Crippen LogP contribution in [0.15, 0.2) is 17.0 Å². The molecule has 0 saturated heterocycles. The first-order valence-corrected chi connectivity index (χ1v) is 6.34. The van der Waals surface area contributed by atoms with Crippen molar-refractivity contribution in [2.45, 2.75) is 39.8 Å².